The lowest BCUT2D eigenvalue weighted by molar-refractivity contribution is 0.309. The summed E-state index contributed by atoms with van der Waals surface area (Å²) in [5.74, 6) is 2.63. The molecule has 0 aromatic heterocycles. The van der Waals surface area contributed by atoms with E-state index < -0.39 is 0 Å². The van der Waals surface area contributed by atoms with E-state index >= 15 is 0 Å². The number of benzene rings is 1. The lowest BCUT2D eigenvalue weighted by Gasteiger charge is -2.26. The van der Waals surface area contributed by atoms with Crippen LogP contribution in [0.25, 0.3) is 0 Å². The van der Waals surface area contributed by atoms with Gasteiger partial charge < -0.3 is 19.7 Å². The topological polar surface area (TPSA) is 46.1 Å². The fraction of sp³-hybridized carbons (Fsp3) is 0.667. The van der Waals surface area contributed by atoms with Gasteiger partial charge in [0.1, 0.15) is 0 Å². The summed E-state index contributed by atoms with van der Waals surface area (Å²) in [6.45, 7) is 6.16. The van der Waals surface area contributed by atoms with Crippen LogP contribution in [0.15, 0.2) is 23.2 Å². The third-order valence-electron chi connectivity index (χ3n) is 5.85. The standard InChI is InChI=1S/C21H33N3O2.HI/c1-4-22-20(24-14-12-21(16-24)10-5-6-11-21)23-13-9-17-7-8-18(25-2)19(15-17)26-3;/h7-8,15H,4-6,9-14,16H2,1-3H3,(H,22,23);1H. The molecule has 1 saturated carbocycles. The zero-order valence-corrected chi connectivity index (χ0v) is 19.3. The first-order valence-electron chi connectivity index (χ1n) is 9.94. The molecule has 1 aliphatic carbocycles. The summed E-state index contributed by atoms with van der Waals surface area (Å²) in [5, 5.41) is 3.49. The predicted molar refractivity (Wildman–Crippen MR) is 122 cm³/mol. The molecule has 0 radical (unpaired) electrons. The van der Waals surface area contributed by atoms with E-state index in [1.54, 1.807) is 14.2 Å². The molecule has 0 atom stereocenters. The van der Waals surface area contributed by atoms with E-state index in [1.807, 2.05) is 12.1 Å². The van der Waals surface area contributed by atoms with Crippen molar-refractivity contribution >= 4 is 29.9 Å². The molecular weight excluding hydrogens is 453 g/mol. The molecule has 0 unspecified atom stereocenters. The quantitative estimate of drug-likeness (QED) is 0.373. The van der Waals surface area contributed by atoms with Gasteiger partial charge in [-0.05, 0) is 55.7 Å². The van der Waals surface area contributed by atoms with Crippen LogP contribution in [-0.4, -0.2) is 51.3 Å². The summed E-state index contributed by atoms with van der Waals surface area (Å²) in [4.78, 5) is 7.38. The average molecular weight is 487 g/mol. The van der Waals surface area contributed by atoms with Crippen LogP contribution in [-0.2, 0) is 6.42 Å². The van der Waals surface area contributed by atoms with Gasteiger partial charge in [-0.15, -0.1) is 24.0 Å². The van der Waals surface area contributed by atoms with Crippen molar-refractivity contribution in [1.29, 1.82) is 0 Å². The molecule has 27 heavy (non-hydrogen) atoms. The Morgan fingerprint density at radius 1 is 1.15 bits per heavy atom. The van der Waals surface area contributed by atoms with Crippen molar-refractivity contribution in [3.63, 3.8) is 0 Å². The maximum Gasteiger partial charge on any atom is 0.193 e. The number of hydrogen-bond donors (Lipinski definition) is 1. The normalized spacial score (nSPS) is 18.5. The molecule has 3 rings (SSSR count). The van der Waals surface area contributed by atoms with Gasteiger partial charge in [0, 0.05) is 26.2 Å². The average Bonchev–Trinajstić information content (AvgIpc) is 3.31. The summed E-state index contributed by atoms with van der Waals surface area (Å²) in [5.41, 5.74) is 1.79. The van der Waals surface area contributed by atoms with Gasteiger partial charge in [0.2, 0.25) is 0 Å². The van der Waals surface area contributed by atoms with Gasteiger partial charge in [0.15, 0.2) is 17.5 Å². The SMILES string of the molecule is CCNC(=NCCc1ccc(OC)c(OC)c1)N1CCC2(CCCC2)C1.I. The zero-order chi connectivity index (χ0) is 18.4. The van der Waals surface area contributed by atoms with Gasteiger partial charge in [0.05, 0.1) is 14.2 Å². The number of guanidine groups is 1. The van der Waals surface area contributed by atoms with Gasteiger partial charge in [-0.3, -0.25) is 4.99 Å². The molecule has 1 aromatic rings. The molecule has 1 saturated heterocycles. The first-order valence-corrected chi connectivity index (χ1v) is 9.94. The van der Waals surface area contributed by atoms with Crippen molar-refractivity contribution < 1.29 is 9.47 Å². The lowest BCUT2D eigenvalue weighted by Crippen LogP contribution is -2.41. The van der Waals surface area contributed by atoms with Crippen molar-refractivity contribution in [3.8, 4) is 11.5 Å². The molecule has 6 heteroatoms. The highest BCUT2D eigenvalue weighted by atomic mass is 127. The number of hydrogen-bond acceptors (Lipinski definition) is 3. The first-order chi connectivity index (χ1) is 12.7. The number of nitrogens with zero attached hydrogens (tertiary/aromatic N) is 2. The van der Waals surface area contributed by atoms with E-state index in [4.69, 9.17) is 14.5 Å². The maximum atomic E-state index is 5.40. The molecule has 1 aromatic carbocycles. The molecule has 2 fully saturated rings. The van der Waals surface area contributed by atoms with E-state index in [0.717, 1.165) is 43.5 Å². The zero-order valence-electron chi connectivity index (χ0n) is 16.9. The molecule has 5 nitrogen and oxygen atoms in total. The molecule has 1 spiro atoms. The van der Waals surface area contributed by atoms with Gasteiger partial charge in [-0.25, -0.2) is 0 Å². The highest BCUT2D eigenvalue weighted by Gasteiger charge is 2.41. The van der Waals surface area contributed by atoms with Gasteiger partial charge in [0.25, 0.3) is 0 Å². The number of nitrogens with one attached hydrogen (secondary N) is 1. The number of aliphatic imine (C=N–C) groups is 1. The summed E-state index contributed by atoms with van der Waals surface area (Å²) in [6, 6.07) is 6.10. The van der Waals surface area contributed by atoms with Gasteiger partial charge in [-0.2, -0.15) is 0 Å². The molecule has 152 valence electrons. The third kappa shape index (κ3) is 5.42. The minimum absolute atomic E-state index is 0. The Morgan fingerprint density at radius 2 is 1.89 bits per heavy atom. The van der Waals surface area contributed by atoms with Crippen LogP contribution in [0, 0.1) is 5.41 Å². The fourth-order valence-electron chi connectivity index (χ4n) is 4.40. The van der Waals surface area contributed by atoms with E-state index in [0.29, 0.717) is 5.41 Å². The van der Waals surface area contributed by atoms with E-state index in [9.17, 15) is 0 Å². The molecule has 1 N–H and O–H groups in total. The van der Waals surface area contributed by atoms with Crippen LogP contribution in [0.2, 0.25) is 0 Å². The Morgan fingerprint density at radius 3 is 2.56 bits per heavy atom. The van der Waals surface area contributed by atoms with E-state index in [2.05, 4.69) is 23.2 Å². The molecule has 0 bridgehead atoms. The van der Waals surface area contributed by atoms with Crippen molar-refractivity contribution in [2.75, 3.05) is 40.4 Å². The van der Waals surface area contributed by atoms with Crippen LogP contribution in [0.4, 0.5) is 0 Å². The van der Waals surface area contributed by atoms with Crippen LogP contribution in [0.5, 0.6) is 11.5 Å². The second-order valence-corrected chi connectivity index (χ2v) is 7.55. The number of methoxy groups -OCH3 is 2. The molecule has 2 aliphatic rings. The number of rotatable bonds is 6. The van der Waals surface area contributed by atoms with Crippen LogP contribution < -0.4 is 14.8 Å². The minimum Gasteiger partial charge on any atom is -0.493 e. The summed E-state index contributed by atoms with van der Waals surface area (Å²) < 4.78 is 10.7. The Bertz CT molecular complexity index is 630. The Kier molecular flexibility index (Phi) is 8.51. The maximum absolute atomic E-state index is 5.40. The van der Waals surface area contributed by atoms with Crippen LogP contribution in [0.1, 0.15) is 44.6 Å². The van der Waals surface area contributed by atoms with Crippen molar-refractivity contribution in [2.45, 2.75) is 45.4 Å². The Balaban J connectivity index is 0.00000261. The van der Waals surface area contributed by atoms with Crippen molar-refractivity contribution in [3.05, 3.63) is 23.8 Å². The molecule has 1 aliphatic heterocycles. The monoisotopic (exact) mass is 487 g/mol. The van der Waals surface area contributed by atoms with E-state index in [-0.39, 0.29) is 24.0 Å². The van der Waals surface area contributed by atoms with Crippen LogP contribution >= 0.6 is 24.0 Å². The number of ether oxygens (including phenoxy) is 2. The number of halogens is 1. The molecular formula is C21H34IN3O2. The fourth-order valence-corrected chi connectivity index (χ4v) is 4.40. The Labute approximate surface area is 180 Å². The largest absolute Gasteiger partial charge is 0.493 e. The second-order valence-electron chi connectivity index (χ2n) is 7.55. The second kappa shape index (κ2) is 10.4. The first kappa shape index (κ1) is 22.1. The van der Waals surface area contributed by atoms with Crippen LogP contribution in [0.3, 0.4) is 0 Å². The molecule has 1 heterocycles. The highest BCUT2D eigenvalue weighted by molar-refractivity contribution is 14.0. The Hall–Kier alpha value is -1.18. The highest BCUT2D eigenvalue weighted by Crippen LogP contribution is 2.45. The smallest absolute Gasteiger partial charge is 0.193 e. The lowest BCUT2D eigenvalue weighted by atomic mass is 9.86. The van der Waals surface area contributed by atoms with E-state index in [1.165, 1.54) is 44.2 Å². The summed E-state index contributed by atoms with van der Waals surface area (Å²) in [7, 11) is 3.34. The van der Waals surface area contributed by atoms with Crippen molar-refractivity contribution in [1.82, 2.24) is 10.2 Å². The molecule has 0 amide bonds. The minimum atomic E-state index is 0. The third-order valence-corrected chi connectivity index (χ3v) is 5.85. The number of likely N-dealkylation sites (tertiary alicyclic amines) is 1. The summed E-state index contributed by atoms with van der Waals surface area (Å²) >= 11 is 0. The van der Waals surface area contributed by atoms with Gasteiger partial charge in [-0.1, -0.05) is 18.9 Å². The van der Waals surface area contributed by atoms with Gasteiger partial charge >= 0.3 is 0 Å². The predicted octanol–water partition coefficient (Wildman–Crippen LogP) is 4.10. The summed E-state index contributed by atoms with van der Waals surface area (Å²) in [6.07, 6.45) is 7.83. The van der Waals surface area contributed by atoms with Crippen molar-refractivity contribution in [2.24, 2.45) is 10.4 Å².